The summed E-state index contributed by atoms with van der Waals surface area (Å²) in [6, 6.07) is -0.256. The number of thiazole rings is 1. The van der Waals surface area contributed by atoms with Gasteiger partial charge in [0.1, 0.15) is 22.4 Å². The zero-order valence-corrected chi connectivity index (χ0v) is 14.4. The first-order valence-electron chi connectivity index (χ1n) is 7.20. The molecule has 0 saturated heterocycles. The van der Waals surface area contributed by atoms with Crippen molar-refractivity contribution in [2.45, 2.75) is 58.8 Å². The van der Waals surface area contributed by atoms with Gasteiger partial charge < -0.3 is 15.2 Å². The first-order chi connectivity index (χ1) is 10.1. The van der Waals surface area contributed by atoms with E-state index in [1.807, 2.05) is 13.8 Å². The molecule has 0 aliphatic carbocycles. The van der Waals surface area contributed by atoms with E-state index in [0.29, 0.717) is 23.4 Å². The van der Waals surface area contributed by atoms with Crippen molar-refractivity contribution in [2.24, 2.45) is 5.92 Å². The topological polar surface area (TPSA) is 88.5 Å². The number of carbonyl (C=O) groups is 2. The van der Waals surface area contributed by atoms with Crippen LogP contribution in [0.2, 0.25) is 0 Å². The second-order valence-electron chi connectivity index (χ2n) is 6.48. The first-order valence-corrected chi connectivity index (χ1v) is 8.08. The summed E-state index contributed by atoms with van der Waals surface area (Å²) in [6.45, 7) is 9.29. The molecule has 0 radical (unpaired) electrons. The maximum absolute atomic E-state index is 11.9. The monoisotopic (exact) mass is 328 g/mol. The molecule has 1 rings (SSSR count). The molecule has 1 aromatic heterocycles. The number of hydrogen-bond acceptors (Lipinski definition) is 6. The summed E-state index contributed by atoms with van der Waals surface area (Å²) in [5.41, 5.74) is -0.265. The van der Waals surface area contributed by atoms with Gasteiger partial charge in [0, 0.05) is 17.8 Å². The second-order valence-corrected chi connectivity index (χ2v) is 7.37. The normalized spacial score (nSPS) is 14.5. The maximum Gasteiger partial charge on any atom is 0.407 e. The molecule has 2 unspecified atom stereocenters. The number of nitrogens with zero attached hydrogens (tertiary/aromatic N) is 1. The van der Waals surface area contributed by atoms with Gasteiger partial charge in [-0.15, -0.1) is 11.3 Å². The third-order valence-corrected chi connectivity index (χ3v) is 3.89. The lowest BCUT2D eigenvalue weighted by atomic mass is 9.98. The van der Waals surface area contributed by atoms with Crippen LogP contribution in [0.15, 0.2) is 5.38 Å². The molecule has 1 heterocycles. The van der Waals surface area contributed by atoms with E-state index in [-0.39, 0.29) is 12.0 Å². The average Bonchev–Trinajstić information content (AvgIpc) is 2.84. The highest BCUT2D eigenvalue weighted by atomic mass is 32.1. The fraction of sp³-hybridized carbons (Fsp3) is 0.667. The van der Waals surface area contributed by atoms with Crippen LogP contribution in [0.25, 0.3) is 0 Å². The molecule has 6 nitrogen and oxygen atoms in total. The number of aliphatic hydroxyl groups is 1. The van der Waals surface area contributed by atoms with E-state index < -0.39 is 17.8 Å². The third-order valence-electron chi connectivity index (χ3n) is 2.93. The van der Waals surface area contributed by atoms with Crippen LogP contribution in [0.3, 0.4) is 0 Å². The summed E-state index contributed by atoms with van der Waals surface area (Å²) in [5.74, 6) is 0.118. The minimum Gasteiger partial charge on any atom is -0.444 e. The molecule has 0 bridgehead atoms. The van der Waals surface area contributed by atoms with Gasteiger partial charge in [-0.1, -0.05) is 13.8 Å². The SMILES string of the molecule is CC(C)C(CC(O)c1nc(C=O)cs1)NC(=O)OC(C)(C)C. The molecule has 0 fully saturated rings. The molecule has 0 aliphatic rings. The highest BCUT2D eigenvalue weighted by molar-refractivity contribution is 7.09. The number of carbonyl (C=O) groups excluding carboxylic acids is 2. The van der Waals surface area contributed by atoms with E-state index in [9.17, 15) is 14.7 Å². The van der Waals surface area contributed by atoms with Crippen molar-refractivity contribution in [3.8, 4) is 0 Å². The Kier molecular flexibility index (Phi) is 6.49. The molecule has 0 spiro atoms. The summed E-state index contributed by atoms with van der Waals surface area (Å²) in [4.78, 5) is 26.5. The Hall–Kier alpha value is -1.47. The number of aliphatic hydroxyl groups excluding tert-OH is 1. The largest absolute Gasteiger partial charge is 0.444 e. The number of nitrogens with one attached hydrogen (secondary N) is 1. The van der Waals surface area contributed by atoms with E-state index in [2.05, 4.69) is 10.3 Å². The predicted octanol–water partition coefficient (Wildman–Crippen LogP) is 2.93. The number of aromatic nitrogens is 1. The third kappa shape index (κ3) is 6.11. The van der Waals surface area contributed by atoms with Crippen LogP contribution in [0, 0.1) is 5.92 Å². The zero-order chi connectivity index (χ0) is 16.9. The Morgan fingerprint density at radius 1 is 1.50 bits per heavy atom. The summed E-state index contributed by atoms with van der Waals surface area (Å²) in [5, 5.41) is 15.1. The lowest BCUT2D eigenvalue weighted by Crippen LogP contribution is -2.42. The predicted molar refractivity (Wildman–Crippen MR) is 85.1 cm³/mol. The molecule has 1 aromatic rings. The number of amides is 1. The smallest absolute Gasteiger partial charge is 0.407 e. The van der Waals surface area contributed by atoms with Gasteiger partial charge in [-0.3, -0.25) is 4.79 Å². The van der Waals surface area contributed by atoms with Crippen LogP contribution < -0.4 is 5.32 Å². The molecule has 2 N–H and O–H groups in total. The number of aldehydes is 1. The Bertz CT molecular complexity index is 508. The number of alkyl carbamates (subject to hydrolysis) is 1. The van der Waals surface area contributed by atoms with E-state index in [4.69, 9.17) is 4.74 Å². The lowest BCUT2D eigenvalue weighted by Gasteiger charge is -2.26. The number of rotatable bonds is 6. The fourth-order valence-electron chi connectivity index (χ4n) is 1.81. The van der Waals surface area contributed by atoms with Crippen molar-refractivity contribution in [1.29, 1.82) is 0 Å². The zero-order valence-electron chi connectivity index (χ0n) is 13.6. The minimum absolute atomic E-state index is 0.118. The Labute approximate surface area is 134 Å². The molecule has 2 atom stereocenters. The molecule has 1 amide bonds. The summed E-state index contributed by atoms with van der Waals surface area (Å²) in [6.07, 6.45) is -0.388. The molecule has 0 saturated carbocycles. The van der Waals surface area contributed by atoms with Crippen LogP contribution in [0.1, 0.15) is 62.6 Å². The molecule has 7 heteroatoms. The molecular weight excluding hydrogens is 304 g/mol. The summed E-state index contributed by atoms with van der Waals surface area (Å²) in [7, 11) is 0. The van der Waals surface area contributed by atoms with Gasteiger partial charge in [0.2, 0.25) is 0 Å². The Balaban J connectivity index is 2.67. The molecule has 124 valence electrons. The standard InChI is InChI=1S/C15H24N2O4S/c1-9(2)11(17-14(20)21-15(3,4)5)6-12(19)13-16-10(7-18)8-22-13/h7-9,11-12,19H,6H2,1-5H3,(H,17,20). The van der Waals surface area contributed by atoms with E-state index in [1.165, 1.54) is 11.3 Å². The average molecular weight is 328 g/mol. The highest BCUT2D eigenvalue weighted by Gasteiger charge is 2.25. The van der Waals surface area contributed by atoms with Crippen LogP contribution in [-0.2, 0) is 4.74 Å². The van der Waals surface area contributed by atoms with Gasteiger partial charge in [0.25, 0.3) is 0 Å². The lowest BCUT2D eigenvalue weighted by molar-refractivity contribution is 0.0461. The Morgan fingerprint density at radius 3 is 2.59 bits per heavy atom. The van der Waals surface area contributed by atoms with E-state index >= 15 is 0 Å². The van der Waals surface area contributed by atoms with Crippen molar-refractivity contribution in [3.05, 3.63) is 16.1 Å². The van der Waals surface area contributed by atoms with Gasteiger partial charge >= 0.3 is 6.09 Å². The molecule has 0 aromatic carbocycles. The quantitative estimate of drug-likeness (QED) is 0.784. The fourth-order valence-corrected chi connectivity index (χ4v) is 2.57. The van der Waals surface area contributed by atoms with Crippen molar-refractivity contribution < 1.29 is 19.4 Å². The molecular formula is C15H24N2O4S. The molecule has 22 heavy (non-hydrogen) atoms. The van der Waals surface area contributed by atoms with Crippen molar-refractivity contribution in [2.75, 3.05) is 0 Å². The summed E-state index contributed by atoms with van der Waals surface area (Å²) < 4.78 is 5.24. The van der Waals surface area contributed by atoms with Gasteiger partial charge in [-0.05, 0) is 26.7 Å². The maximum atomic E-state index is 11.9. The number of hydrogen-bond donors (Lipinski definition) is 2. The minimum atomic E-state index is -0.832. The summed E-state index contributed by atoms with van der Waals surface area (Å²) >= 11 is 1.23. The van der Waals surface area contributed by atoms with Crippen molar-refractivity contribution >= 4 is 23.7 Å². The van der Waals surface area contributed by atoms with Crippen LogP contribution in [0.4, 0.5) is 4.79 Å². The van der Waals surface area contributed by atoms with Crippen LogP contribution in [0.5, 0.6) is 0 Å². The molecule has 0 aliphatic heterocycles. The second kappa shape index (κ2) is 7.69. The van der Waals surface area contributed by atoms with E-state index in [1.54, 1.807) is 26.2 Å². The first kappa shape index (κ1) is 18.6. The van der Waals surface area contributed by atoms with Gasteiger partial charge in [-0.25, -0.2) is 9.78 Å². The van der Waals surface area contributed by atoms with Crippen molar-refractivity contribution in [3.63, 3.8) is 0 Å². The van der Waals surface area contributed by atoms with Gasteiger partial charge in [0.15, 0.2) is 6.29 Å². The van der Waals surface area contributed by atoms with Crippen LogP contribution in [-0.4, -0.2) is 34.1 Å². The van der Waals surface area contributed by atoms with Crippen molar-refractivity contribution in [1.82, 2.24) is 10.3 Å². The Morgan fingerprint density at radius 2 is 2.14 bits per heavy atom. The van der Waals surface area contributed by atoms with Crippen LogP contribution >= 0.6 is 11.3 Å². The van der Waals surface area contributed by atoms with Gasteiger partial charge in [0.05, 0.1) is 0 Å². The van der Waals surface area contributed by atoms with Gasteiger partial charge in [-0.2, -0.15) is 0 Å². The number of ether oxygens (including phenoxy) is 1. The highest BCUT2D eigenvalue weighted by Crippen LogP contribution is 2.24. The van der Waals surface area contributed by atoms with E-state index in [0.717, 1.165) is 0 Å².